The second-order valence-electron chi connectivity index (χ2n) is 3.94. The van der Waals surface area contributed by atoms with Crippen LogP contribution in [0.15, 0.2) is 48.5 Å². The summed E-state index contributed by atoms with van der Waals surface area (Å²) in [6.45, 7) is 0. The van der Waals surface area contributed by atoms with Crippen LogP contribution in [0, 0.1) is 5.82 Å². The van der Waals surface area contributed by atoms with Crippen LogP contribution in [0.2, 0.25) is 0 Å². The lowest BCUT2D eigenvalue weighted by molar-refractivity contribution is -0.166. The highest BCUT2D eigenvalue weighted by Crippen LogP contribution is 2.36. The molecule has 0 fully saturated rings. The molecule has 98 valence electrons. The first kappa shape index (κ1) is 13.1. The van der Waals surface area contributed by atoms with E-state index >= 15 is 0 Å². The van der Waals surface area contributed by atoms with Crippen LogP contribution in [-0.2, 0) is 10.7 Å². The van der Waals surface area contributed by atoms with Crippen molar-refractivity contribution < 1.29 is 23.1 Å². The predicted molar refractivity (Wildman–Crippen MR) is 63.4 cm³/mol. The first-order valence-corrected chi connectivity index (χ1v) is 5.39. The van der Waals surface area contributed by atoms with Gasteiger partial charge in [0.2, 0.25) is 0 Å². The summed E-state index contributed by atoms with van der Waals surface area (Å²) >= 11 is 0. The molecule has 2 nitrogen and oxygen atoms in total. The monoisotopic (exact) mass is 266 g/mol. The molecule has 0 spiro atoms. The lowest BCUT2D eigenvalue weighted by Crippen LogP contribution is -2.26. The van der Waals surface area contributed by atoms with Crippen LogP contribution in [0.5, 0.6) is 0 Å². The molecule has 1 N–H and O–H groups in total. The van der Waals surface area contributed by atoms with Crippen molar-refractivity contribution in [1.82, 2.24) is 0 Å². The summed E-state index contributed by atoms with van der Waals surface area (Å²) in [5.41, 5.74) is -0.459. The third-order valence-corrected chi connectivity index (χ3v) is 2.67. The van der Waals surface area contributed by atoms with Crippen LogP contribution < -0.4 is 0 Å². The molecule has 0 heterocycles. The zero-order chi connectivity index (χ0) is 14.0. The minimum absolute atomic E-state index is 0.00519. The smallest absolute Gasteiger partial charge is 0.379 e. The molecular formula is C14H9F3O2. The van der Waals surface area contributed by atoms with Crippen molar-refractivity contribution in [1.29, 1.82) is 0 Å². The number of halogens is 3. The highest BCUT2D eigenvalue weighted by atomic mass is 19.3. The van der Waals surface area contributed by atoms with E-state index in [-0.39, 0.29) is 11.1 Å². The summed E-state index contributed by atoms with van der Waals surface area (Å²) in [6.07, 6.45) is 0. The molecule has 5 heteroatoms. The van der Waals surface area contributed by atoms with Gasteiger partial charge in [-0.15, -0.1) is 0 Å². The van der Waals surface area contributed by atoms with Gasteiger partial charge in [0.15, 0.2) is 0 Å². The van der Waals surface area contributed by atoms with Crippen molar-refractivity contribution in [2.45, 2.75) is 5.92 Å². The molecule has 0 saturated heterocycles. The van der Waals surface area contributed by atoms with Crippen molar-refractivity contribution >= 4 is 5.97 Å². The van der Waals surface area contributed by atoms with E-state index in [2.05, 4.69) is 0 Å². The van der Waals surface area contributed by atoms with Gasteiger partial charge in [-0.3, -0.25) is 0 Å². The van der Waals surface area contributed by atoms with Crippen LogP contribution in [0.25, 0.3) is 11.1 Å². The van der Waals surface area contributed by atoms with Crippen LogP contribution >= 0.6 is 0 Å². The van der Waals surface area contributed by atoms with Gasteiger partial charge in [0.25, 0.3) is 0 Å². The summed E-state index contributed by atoms with van der Waals surface area (Å²) in [7, 11) is 0. The van der Waals surface area contributed by atoms with Gasteiger partial charge in [-0.05, 0) is 23.3 Å². The zero-order valence-corrected chi connectivity index (χ0v) is 9.61. The second-order valence-corrected chi connectivity index (χ2v) is 3.94. The van der Waals surface area contributed by atoms with Crippen LogP contribution in [-0.4, -0.2) is 11.1 Å². The molecule has 2 aromatic carbocycles. The average Bonchev–Trinajstić information content (AvgIpc) is 2.38. The topological polar surface area (TPSA) is 37.3 Å². The summed E-state index contributed by atoms with van der Waals surface area (Å²) in [6, 6.07) is 10.2. The lowest BCUT2D eigenvalue weighted by atomic mass is 9.95. The Morgan fingerprint density at radius 2 is 1.74 bits per heavy atom. The number of rotatable bonds is 3. The highest BCUT2D eigenvalue weighted by Gasteiger charge is 2.42. The van der Waals surface area contributed by atoms with Crippen molar-refractivity contribution in [2.75, 3.05) is 0 Å². The van der Waals surface area contributed by atoms with Gasteiger partial charge in [-0.25, -0.2) is 9.18 Å². The SMILES string of the molecule is O=C(O)C(F)(F)c1ccccc1-c1cccc(F)c1. The molecule has 0 unspecified atom stereocenters. The number of aliphatic carboxylic acids is 1. The Kier molecular flexibility index (Phi) is 3.29. The summed E-state index contributed by atoms with van der Waals surface area (Å²) in [5.74, 6) is -6.84. The number of carbonyl (C=O) groups is 1. The van der Waals surface area contributed by atoms with Gasteiger partial charge in [0, 0.05) is 5.56 Å². The van der Waals surface area contributed by atoms with Gasteiger partial charge >= 0.3 is 11.9 Å². The minimum Gasteiger partial charge on any atom is -0.477 e. The molecule has 0 aromatic heterocycles. The fourth-order valence-electron chi connectivity index (χ4n) is 1.78. The normalized spacial score (nSPS) is 11.3. The Morgan fingerprint density at radius 1 is 1.05 bits per heavy atom. The summed E-state index contributed by atoms with van der Waals surface area (Å²) in [4.78, 5) is 10.6. The third-order valence-electron chi connectivity index (χ3n) is 2.67. The molecular weight excluding hydrogens is 257 g/mol. The molecule has 0 saturated carbocycles. The first-order chi connectivity index (χ1) is 8.93. The zero-order valence-electron chi connectivity index (χ0n) is 9.61. The Bertz CT molecular complexity index is 624. The first-order valence-electron chi connectivity index (χ1n) is 5.39. The maximum absolute atomic E-state index is 13.6. The Morgan fingerprint density at radius 3 is 2.37 bits per heavy atom. The maximum Gasteiger partial charge on any atom is 0.379 e. The molecule has 0 aliphatic carbocycles. The van der Waals surface area contributed by atoms with E-state index < -0.39 is 23.3 Å². The molecule has 2 aromatic rings. The quantitative estimate of drug-likeness (QED) is 0.920. The fourth-order valence-corrected chi connectivity index (χ4v) is 1.78. The fraction of sp³-hybridized carbons (Fsp3) is 0.0714. The molecule has 0 aliphatic rings. The third kappa shape index (κ3) is 2.45. The summed E-state index contributed by atoms with van der Waals surface area (Å²) < 4.78 is 40.4. The average molecular weight is 266 g/mol. The Hall–Kier alpha value is -2.30. The van der Waals surface area contributed by atoms with Gasteiger partial charge in [-0.1, -0.05) is 36.4 Å². The number of carboxylic acids is 1. The van der Waals surface area contributed by atoms with E-state index in [1.807, 2.05) is 0 Å². The van der Waals surface area contributed by atoms with Gasteiger partial charge in [0.1, 0.15) is 5.82 Å². The van der Waals surface area contributed by atoms with Crippen molar-refractivity contribution in [3.8, 4) is 11.1 Å². The molecule has 0 amide bonds. The Labute approximate surface area is 107 Å². The molecule has 0 bridgehead atoms. The van der Waals surface area contributed by atoms with Crippen molar-refractivity contribution in [2.24, 2.45) is 0 Å². The molecule has 0 atom stereocenters. The number of hydrogen-bond acceptors (Lipinski definition) is 1. The van der Waals surface area contributed by atoms with Crippen LogP contribution in [0.3, 0.4) is 0 Å². The number of hydrogen-bond donors (Lipinski definition) is 1. The van der Waals surface area contributed by atoms with Gasteiger partial charge < -0.3 is 5.11 Å². The van der Waals surface area contributed by atoms with E-state index in [4.69, 9.17) is 5.11 Å². The largest absolute Gasteiger partial charge is 0.477 e. The van der Waals surface area contributed by atoms with Crippen LogP contribution in [0.1, 0.15) is 5.56 Å². The van der Waals surface area contributed by atoms with Crippen molar-refractivity contribution in [3.63, 3.8) is 0 Å². The van der Waals surface area contributed by atoms with E-state index in [0.29, 0.717) is 0 Å². The van der Waals surface area contributed by atoms with E-state index in [1.165, 1.54) is 36.4 Å². The standard InChI is InChI=1S/C14H9F3O2/c15-10-5-3-4-9(8-10)11-6-1-2-7-12(11)14(16,17)13(18)19/h1-8H,(H,18,19). The highest BCUT2D eigenvalue weighted by molar-refractivity contribution is 5.82. The molecule has 2 rings (SSSR count). The van der Waals surface area contributed by atoms with Crippen LogP contribution in [0.4, 0.5) is 13.2 Å². The van der Waals surface area contributed by atoms with E-state index in [9.17, 15) is 18.0 Å². The Balaban J connectivity index is 2.63. The van der Waals surface area contributed by atoms with E-state index in [0.717, 1.165) is 12.1 Å². The predicted octanol–water partition coefficient (Wildman–Crippen LogP) is 3.67. The van der Waals surface area contributed by atoms with E-state index in [1.54, 1.807) is 0 Å². The molecule has 0 radical (unpaired) electrons. The number of alkyl halides is 2. The number of carboxylic acid groups (broad SMARTS) is 1. The summed E-state index contributed by atoms with van der Waals surface area (Å²) in [5, 5.41) is 8.60. The number of benzene rings is 2. The van der Waals surface area contributed by atoms with Gasteiger partial charge in [-0.2, -0.15) is 8.78 Å². The minimum atomic E-state index is -4.02. The second kappa shape index (κ2) is 4.76. The maximum atomic E-state index is 13.6. The van der Waals surface area contributed by atoms with Crippen molar-refractivity contribution in [3.05, 3.63) is 59.9 Å². The molecule has 19 heavy (non-hydrogen) atoms. The van der Waals surface area contributed by atoms with Gasteiger partial charge in [0.05, 0.1) is 0 Å². The molecule has 0 aliphatic heterocycles. The lowest BCUT2D eigenvalue weighted by Gasteiger charge is -2.16.